The van der Waals surface area contributed by atoms with Crippen LogP contribution in [0.1, 0.15) is 32.3 Å². The summed E-state index contributed by atoms with van der Waals surface area (Å²) in [6, 6.07) is 6.65. The average molecular weight is 310 g/mol. The number of rotatable bonds is 7. The van der Waals surface area contributed by atoms with Gasteiger partial charge >= 0.3 is 0 Å². The van der Waals surface area contributed by atoms with Gasteiger partial charge in [0.2, 0.25) is 15.9 Å². The first-order valence-electron chi connectivity index (χ1n) is 7.27. The van der Waals surface area contributed by atoms with E-state index < -0.39 is 10.0 Å². The second kappa shape index (κ2) is 6.58. The maximum Gasteiger partial charge on any atom is 0.240 e. The van der Waals surface area contributed by atoms with E-state index in [1.165, 1.54) is 0 Å². The van der Waals surface area contributed by atoms with Crippen molar-refractivity contribution in [1.29, 1.82) is 0 Å². The fraction of sp³-hybridized carbons (Fsp3) is 0.533. The molecule has 1 amide bonds. The Morgan fingerprint density at radius 1 is 1.24 bits per heavy atom. The predicted molar refractivity (Wildman–Crippen MR) is 81.3 cm³/mol. The fourth-order valence-corrected chi connectivity index (χ4v) is 3.28. The van der Waals surface area contributed by atoms with E-state index >= 15 is 0 Å². The Hall–Kier alpha value is -1.40. The number of amides is 1. The van der Waals surface area contributed by atoms with Gasteiger partial charge in [0.05, 0.1) is 4.90 Å². The summed E-state index contributed by atoms with van der Waals surface area (Å²) >= 11 is 0. The number of sulfonamides is 1. The van der Waals surface area contributed by atoms with E-state index in [4.69, 9.17) is 0 Å². The van der Waals surface area contributed by atoms with Gasteiger partial charge < -0.3 is 5.32 Å². The quantitative estimate of drug-likeness (QED) is 0.800. The third-order valence-electron chi connectivity index (χ3n) is 3.29. The summed E-state index contributed by atoms with van der Waals surface area (Å²) in [5.41, 5.74) is 1.01. The first-order chi connectivity index (χ1) is 9.88. The van der Waals surface area contributed by atoms with Crippen molar-refractivity contribution in [3.63, 3.8) is 0 Å². The Morgan fingerprint density at radius 3 is 2.38 bits per heavy atom. The molecule has 1 fully saturated rings. The van der Waals surface area contributed by atoms with Crippen molar-refractivity contribution in [2.45, 2.75) is 44.0 Å². The second-order valence-corrected chi connectivity index (χ2v) is 7.45. The van der Waals surface area contributed by atoms with E-state index in [0.29, 0.717) is 13.0 Å². The first-order valence-corrected chi connectivity index (χ1v) is 8.76. The smallest absolute Gasteiger partial charge is 0.240 e. The van der Waals surface area contributed by atoms with E-state index in [0.717, 1.165) is 18.4 Å². The molecule has 21 heavy (non-hydrogen) atoms. The van der Waals surface area contributed by atoms with E-state index in [2.05, 4.69) is 10.0 Å². The summed E-state index contributed by atoms with van der Waals surface area (Å²) in [4.78, 5) is 11.8. The summed E-state index contributed by atoms with van der Waals surface area (Å²) < 4.78 is 26.5. The highest BCUT2D eigenvalue weighted by Crippen LogP contribution is 2.28. The Kier molecular flexibility index (Phi) is 5.00. The van der Waals surface area contributed by atoms with Crippen LogP contribution < -0.4 is 10.0 Å². The lowest BCUT2D eigenvalue weighted by Gasteiger charge is -2.10. The van der Waals surface area contributed by atoms with E-state index in [9.17, 15) is 13.2 Å². The van der Waals surface area contributed by atoms with Crippen LogP contribution >= 0.6 is 0 Å². The molecule has 1 aromatic carbocycles. The minimum atomic E-state index is -3.43. The zero-order valence-corrected chi connectivity index (χ0v) is 13.2. The van der Waals surface area contributed by atoms with E-state index in [1.54, 1.807) is 38.1 Å². The van der Waals surface area contributed by atoms with Crippen molar-refractivity contribution < 1.29 is 13.2 Å². The lowest BCUT2D eigenvalue weighted by Crippen LogP contribution is -2.30. The molecule has 6 heteroatoms. The van der Waals surface area contributed by atoms with Gasteiger partial charge in [-0.05, 0) is 50.8 Å². The van der Waals surface area contributed by atoms with Crippen molar-refractivity contribution in [3.05, 3.63) is 29.8 Å². The van der Waals surface area contributed by atoms with Crippen LogP contribution in [0.3, 0.4) is 0 Å². The molecule has 1 aromatic rings. The monoisotopic (exact) mass is 310 g/mol. The number of carbonyl (C=O) groups is 1. The van der Waals surface area contributed by atoms with Crippen LogP contribution in [0.5, 0.6) is 0 Å². The molecule has 1 saturated carbocycles. The van der Waals surface area contributed by atoms with Crippen LogP contribution in [0.25, 0.3) is 0 Å². The molecule has 1 aliphatic rings. The van der Waals surface area contributed by atoms with Gasteiger partial charge in [0.25, 0.3) is 0 Å². The highest BCUT2D eigenvalue weighted by Gasteiger charge is 2.28. The topological polar surface area (TPSA) is 75.3 Å². The lowest BCUT2D eigenvalue weighted by atomic mass is 10.1. The molecule has 0 aliphatic heterocycles. The Balaban J connectivity index is 1.87. The predicted octanol–water partition coefficient (Wildman–Crippen LogP) is 1.44. The number of nitrogens with one attached hydrogen (secondary N) is 2. The third-order valence-corrected chi connectivity index (χ3v) is 4.96. The van der Waals surface area contributed by atoms with Crippen molar-refractivity contribution in [2.75, 3.05) is 6.54 Å². The van der Waals surface area contributed by atoms with Crippen LogP contribution in [0.2, 0.25) is 0 Å². The standard InChI is InChI=1S/C15H22N2O3S/c1-11(2)17-21(19,20)14-7-3-12(4-8-14)9-10-16-15(18)13-5-6-13/h3-4,7-8,11,13,17H,5-6,9-10H2,1-2H3,(H,16,18). The molecule has 1 aliphatic carbocycles. The molecule has 5 nitrogen and oxygen atoms in total. The van der Waals surface area contributed by atoms with Gasteiger partial charge in [-0.3, -0.25) is 4.79 Å². The van der Waals surface area contributed by atoms with Crippen molar-refractivity contribution in [2.24, 2.45) is 5.92 Å². The van der Waals surface area contributed by atoms with Gasteiger partial charge in [-0.25, -0.2) is 13.1 Å². The molecule has 0 radical (unpaired) electrons. The maximum absolute atomic E-state index is 12.0. The molecule has 0 heterocycles. The van der Waals surface area contributed by atoms with E-state index in [1.807, 2.05) is 0 Å². The molecular weight excluding hydrogens is 288 g/mol. The highest BCUT2D eigenvalue weighted by molar-refractivity contribution is 7.89. The molecule has 0 bridgehead atoms. The number of carbonyl (C=O) groups excluding carboxylic acids is 1. The average Bonchev–Trinajstić information content (AvgIpc) is 3.22. The lowest BCUT2D eigenvalue weighted by molar-refractivity contribution is -0.122. The van der Waals surface area contributed by atoms with Gasteiger partial charge in [-0.1, -0.05) is 12.1 Å². The minimum Gasteiger partial charge on any atom is -0.356 e. The summed E-state index contributed by atoms with van der Waals surface area (Å²) in [6.07, 6.45) is 2.71. The number of hydrogen-bond donors (Lipinski definition) is 2. The normalized spacial score (nSPS) is 15.2. The summed E-state index contributed by atoms with van der Waals surface area (Å²) in [5, 5.41) is 2.89. The van der Waals surface area contributed by atoms with Crippen LogP contribution in [-0.2, 0) is 21.2 Å². The molecule has 0 saturated heterocycles. The summed E-state index contributed by atoms with van der Waals surface area (Å²) in [6.45, 7) is 4.16. The molecule has 0 atom stereocenters. The van der Waals surface area contributed by atoms with Crippen LogP contribution in [0, 0.1) is 5.92 Å². The number of benzene rings is 1. The van der Waals surface area contributed by atoms with Gasteiger partial charge in [0.1, 0.15) is 0 Å². The minimum absolute atomic E-state index is 0.132. The van der Waals surface area contributed by atoms with Gasteiger partial charge in [0.15, 0.2) is 0 Å². The summed E-state index contributed by atoms with van der Waals surface area (Å²) in [7, 11) is -3.43. The maximum atomic E-state index is 12.0. The molecule has 0 aromatic heterocycles. The largest absolute Gasteiger partial charge is 0.356 e. The van der Waals surface area contributed by atoms with Gasteiger partial charge in [0, 0.05) is 18.5 Å². The van der Waals surface area contributed by atoms with Crippen LogP contribution in [0.4, 0.5) is 0 Å². The van der Waals surface area contributed by atoms with Crippen LogP contribution in [-0.4, -0.2) is 26.9 Å². The molecular formula is C15H22N2O3S. The fourth-order valence-electron chi connectivity index (χ4n) is 2.03. The Morgan fingerprint density at radius 2 is 1.86 bits per heavy atom. The molecule has 0 unspecified atom stereocenters. The van der Waals surface area contributed by atoms with Crippen molar-refractivity contribution >= 4 is 15.9 Å². The van der Waals surface area contributed by atoms with Crippen molar-refractivity contribution in [1.82, 2.24) is 10.0 Å². The molecule has 2 N–H and O–H groups in total. The summed E-state index contributed by atoms with van der Waals surface area (Å²) in [5.74, 6) is 0.356. The number of hydrogen-bond acceptors (Lipinski definition) is 3. The molecule has 2 rings (SSSR count). The van der Waals surface area contributed by atoms with Crippen LogP contribution in [0.15, 0.2) is 29.2 Å². The third kappa shape index (κ3) is 4.82. The highest BCUT2D eigenvalue weighted by atomic mass is 32.2. The van der Waals surface area contributed by atoms with Gasteiger partial charge in [-0.2, -0.15) is 0 Å². The Labute approximate surface area is 126 Å². The Bertz CT molecular complexity index is 590. The van der Waals surface area contributed by atoms with Crippen molar-refractivity contribution in [3.8, 4) is 0 Å². The van der Waals surface area contributed by atoms with Gasteiger partial charge in [-0.15, -0.1) is 0 Å². The second-order valence-electron chi connectivity index (χ2n) is 5.74. The van der Waals surface area contributed by atoms with E-state index in [-0.39, 0.29) is 22.8 Å². The first kappa shape index (κ1) is 16.0. The zero-order chi connectivity index (χ0) is 15.5. The molecule has 0 spiro atoms. The molecule has 116 valence electrons. The SMILES string of the molecule is CC(C)NS(=O)(=O)c1ccc(CCNC(=O)C2CC2)cc1. The zero-order valence-electron chi connectivity index (χ0n) is 12.4.